The van der Waals surface area contributed by atoms with Gasteiger partial charge in [0.2, 0.25) is 6.33 Å². The molecule has 0 amide bonds. The van der Waals surface area contributed by atoms with Crippen molar-refractivity contribution in [3.8, 4) is 0 Å². The molecule has 1 rings (SSSR count). The zero-order valence-corrected chi connectivity index (χ0v) is 17.3. The molecule has 1 aromatic heterocycles. The number of thioether (sulfide) groups is 1. The van der Waals surface area contributed by atoms with Gasteiger partial charge >= 0.3 is 0 Å². The van der Waals surface area contributed by atoms with Crippen molar-refractivity contribution >= 4 is 11.8 Å². The summed E-state index contributed by atoms with van der Waals surface area (Å²) in [6.45, 7) is 5.88. The summed E-state index contributed by atoms with van der Waals surface area (Å²) in [5.74, 6) is 1.34. The standard InChI is InChI=1S/C21H41N2S/c1-4-5-6-7-8-9-10-12-15-21(2)24-19-14-11-13-16-23-18-17-22(3)20-23/h17-18,20-21H,4-16,19H2,1-3H3/q+1. The highest BCUT2D eigenvalue weighted by Crippen LogP contribution is 2.20. The second-order valence-corrected chi connectivity index (χ2v) is 8.87. The van der Waals surface area contributed by atoms with E-state index in [4.69, 9.17) is 0 Å². The molecule has 0 radical (unpaired) electrons. The van der Waals surface area contributed by atoms with Crippen LogP contribution in [0.3, 0.4) is 0 Å². The Labute approximate surface area is 155 Å². The molecule has 140 valence electrons. The predicted octanol–water partition coefficient (Wildman–Crippen LogP) is 6.14. The molecule has 0 fully saturated rings. The van der Waals surface area contributed by atoms with Gasteiger partial charge in [-0.2, -0.15) is 11.8 Å². The van der Waals surface area contributed by atoms with Crippen molar-refractivity contribution in [2.24, 2.45) is 7.05 Å². The molecule has 0 spiro atoms. The van der Waals surface area contributed by atoms with Crippen LogP contribution >= 0.6 is 11.8 Å². The summed E-state index contributed by atoms with van der Waals surface area (Å²) in [6, 6.07) is 0. The SMILES string of the molecule is CCCCCCCCCCC(C)SCCCCCn1cc[n+](C)c1. The van der Waals surface area contributed by atoms with Crippen LogP contribution in [0.4, 0.5) is 0 Å². The largest absolute Gasteiger partial charge is 0.243 e. The van der Waals surface area contributed by atoms with E-state index in [1.165, 1.54) is 89.3 Å². The smallest absolute Gasteiger partial charge is 0.240 e. The Hall–Kier alpha value is -0.440. The monoisotopic (exact) mass is 353 g/mol. The number of hydrogen-bond donors (Lipinski definition) is 0. The molecule has 0 N–H and O–H groups in total. The number of imidazole rings is 1. The molecule has 0 aliphatic heterocycles. The van der Waals surface area contributed by atoms with Gasteiger partial charge in [0.15, 0.2) is 0 Å². The quantitative estimate of drug-likeness (QED) is 0.256. The van der Waals surface area contributed by atoms with E-state index in [1.807, 2.05) is 0 Å². The summed E-state index contributed by atoms with van der Waals surface area (Å²) < 4.78 is 4.40. The Balaban J connectivity index is 1.81. The fraction of sp³-hybridized carbons (Fsp3) is 0.857. The number of unbranched alkanes of at least 4 members (excludes halogenated alkanes) is 9. The van der Waals surface area contributed by atoms with Gasteiger partial charge in [-0.05, 0) is 31.4 Å². The highest BCUT2D eigenvalue weighted by molar-refractivity contribution is 7.99. The average Bonchev–Trinajstić information content (AvgIpc) is 2.98. The topological polar surface area (TPSA) is 8.81 Å². The van der Waals surface area contributed by atoms with E-state index in [1.54, 1.807) is 0 Å². The van der Waals surface area contributed by atoms with Gasteiger partial charge in [0.1, 0.15) is 12.4 Å². The van der Waals surface area contributed by atoms with Crippen molar-refractivity contribution in [2.45, 2.75) is 103 Å². The summed E-state index contributed by atoms with van der Waals surface area (Å²) in [4.78, 5) is 0. The van der Waals surface area contributed by atoms with E-state index >= 15 is 0 Å². The van der Waals surface area contributed by atoms with Crippen molar-refractivity contribution in [2.75, 3.05) is 5.75 Å². The Bertz CT molecular complexity index is 389. The first-order chi connectivity index (χ1) is 11.7. The predicted molar refractivity (Wildman–Crippen MR) is 109 cm³/mol. The Morgan fingerprint density at radius 2 is 1.58 bits per heavy atom. The summed E-state index contributed by atoms with van der Waals surface area (Å²) in [5.41, 5.74) is 0. The third-order valence-electron chi connectivity index (χ3n) is 4.75. The van der Waals surface area contributed by atoms with Gasteiger partial charge in [-0.15, -0.1) is 0 Å². The number of aryl methyl sites for hydroxylation is 2. The van der Waals surface area contributed by atoms with Crippen LogP contribution in [0.5, 0.6) is 0 Å². The van der Waals surface area contributed by atoms with E-state index < -0.39 is 0 Å². The summed E-state index contributed by atoms with van der Waals surface area (Å²) >= 11 is 2.19. The van der Waals surface area contributed by atoms with E-state index in [2.05, 4.69) is 60.5 Å². The second kappa shape index (κ2) is 14.9. The molecule has 1 atom stereocenters. The number of aromatic nitrogens is 2. The zero-order chi connectivity index (χ0) is 17.5. The van der Waals surface area contributed by atoms with E-state index in [9.17, 15) is 0 Å². The minimum Gasteiger partial charge on any atom is -0.240 e. The maximum absolute atomic E-state index is 2.42. The molecular weight excluding hydrogens is 312 g/mol. The minimum atomic E-state index is 0.855. The van der Waals surface area contributed by atoms with Crippen LogP contribution in [0.15, 0.2) is 18.7 Å². The number of rotatable bonds is 16. The van der Waals surface area contributed by atoms with Crippen molar-refractivity contribution in [1.29, 1.82) is 0 Å². The van der Waals surface area contributed by atoms with Crippen molar-refractivity contribution in [3.05, 3.63) is 18.7 Å². The lowest BCUT2D eigenvalue weighted by Crippen LogP contribution is -2.23. The van der Waals surface area contributed by atoms with Crippen molar-refractivity contribution in [3.63, 3.8) is 0 Å². The van der Waals surface area contributed by atoms with Gasteiger partial charge in [0, 0.05) is 5.25 Å². The van der Waals surface area contributed by atoms with Crippen LogP contribution in [0.2, 0.25) is 0 Å². The van der Waals surface area contributed by atoms with Gasteiger partial charge in [-0.3, -0.25) is 0 Å². The van der Waals surface area contributed by atoms with Crippen molar-refractivity contribution in [1.82, 2.24) is 4.57 Å². The first kappa shape index (κ1) is 21.6. The lowest BCUT2D eigenvalue weighted by Gasteiger charge is -2.10. The fourth-order valence-corrected chi connectivity index (χ4v) is 4.25. The van der Waals surface area contributed by atoms with Crippen LogP contribution < -0.4 is 4.57 Å². The molecule has 0 bridgehead atoms. The molecule has 1 aromatic rings. The van der Waals surface area contributed by atoms with Gasteiger partial charge in [-0.1, -0.05) is 65.2 Å². The molecule has 0 aliphatic rings. The van der Waals surface area contributed by atoms with Crippen molar-refractivity contribution < 1.29 is 4.57 Å². The molecular formula is C21H41N2S+. The summed E-state index contributed by atoms with van der Waals surface area (Å²) in [5, 5.41) is 0.855. The van der Waals surface area contributed by atoms with Crippen LogP contribution in [0, 0.1) is 0 Å². The fourth-order valence-electron chi connectivity index (χ4n) is 3.14. The third-order valence-corrected chi connectivity index (χ3v) is 6.08. The Morgan fingerprint density at radius 3 is 2.25 bits per heavy atom. The van der Waals surface area contributed by atoms with E-state index in [0.29, 0.717) is 0 Å². The zero-order valence-electron chi connectivity index (χ0n) is 16.5. The third kappa shape index (κ3) is 12.0. The Morgan fingerprint density at radius 1 is 0.917 bits per heavy atom. The molecule has 0 saturated carbocycles. The lowest BCUT2D eigenvalue weighted by atomic mass is 10.1. The number of hydrogen-bond acceptors (Lipinski definition) is 1. The molecule has 0 aromatic carbocycles. The molecule has 1 heterocycles. The van der Waals surface area contributed by atoms with Crippen LogP contribution in [-0.4, -0.2) is 15.6 Å². The maximum atomic E-state index is 2.42. The summed E-state index contributed by atoms with van der Waals surface area (Å²) in [6.07, 6.45) is 23.4. The van der Waals surface area contributed by atoms with E-state index in [-0.39, 0.29) is 0 Å². The second-order valence-electron chi connectivity index (χ2n) is 7.32. The summed E-state index contributed by atoms with van der Waals surface area (Å²) in [7, 11) is 2.08. The number of nitrogens with zero attached hydrogens (tertiary/aromatic N) is 2. The Kier molecular flexibility index (Phi) is 13.4. The van der Waals surface area contributed by atoms with Gasteiger partial charge in [-0.25, -0.2) is 9.13 Å². The van der Waals surface area contributed by atoms with Crippen LogP contribution in [0.1, 0.15) is 90.9 Å². The van der Waals surface area contributed by atoms with Gasteiger partial charge in [0.05, 0.1) is 13.6 Å². The normalized spacial score (nSPS) is 12.6. The molecule has 0 aliphatic carbocycles. The molecule has 1 unspecified atom stereocenters. The first-order valence-corrected chi connectivity index (χ1v) is 11.4. The maximum Gasteiger partial charge on any atom is 0.243 e. The van der Waals surface area contributed by atoms with Crippen LogP contribution in [0.25, 0.3) is 0 Å². The molecule has 3 heteroatoms. The van der Waals surface area contributed by atoms with Gasteiger partial charge in [0.25, 0.3) is 0 Å². The lowest BCUT2D eigenvalue weighted by molar-refractivity contribution is -0.671. The highest BCUT2D eigenvalue weighted by atomic mass is 32.2. The highest BCUT2D eigenvalue weighted by Gasteiger charge is 2.03. The minimum absolute atomic E-state index is 0.855. The molecule has 24 heavy (non-hydrogen) atoms. The van der Waals surface area contributed by atoms with Crippen LogP contribution in [-0.2, 0) is 13.6 Å². The van der Waals surface area contributed by atoms with Gasteiger partial charge < -0.3 is 0 Å². The average molecular weight is 354 g/mol. The molecule has 0 saturated heterocycles. The van der Waals surface area contributed by atoms with E-state index in [0.717, 1.165) is 5.25 Å². The first-order valence-electron chi connectivity index (χ1n) is 10.3. The molecule has 2 nitrogen and oxygen atoms in total.